The molecule has 0 aliphatic carbocycles. The van der Waals surface area contributed by atoms with E-state index >= 15 is 0 Å². The average Bonchev–Trinajstić information content (AvgIpc) is 2.82. The van der Waals surface area contributed by atoms with Gasteiger partial charge >= 0.3 is 6.03 Å². The summed E-state index contributed by atoms with van der Waals surface area (Å²) in [6, 6.07) is 2.42. The van der Waals surface area contributed by atoms with Gasteiger partial charge in [0.1, 0.15) is 6.04 Å². The summed E-state index contributed by atoms with van der Waals surface area (Å²) in [6.07, 6.45) is 2.12. The van der Waals surface area contributed by atoms with E-state index in [2.05, 4.69) is 20.9 Å². The number of amides is 4. The molecule has 0 aromatic carbocycles. The Bertz CT molecular complexity index is 586. The quantitative estimate of drug-likeness (QED) is 0.633. The minimum Gasteiger partial charge on any atom is -0.475 e. The Morgan fingerprint density at radius 1 is 1.39 bits per heavy atom. The average molecular weight is 320 g/mol. The van der Waals surface area contributed by atoms with Crippen molar-refractivity contribution in [2.24, 2.45) is 0 Å². The molecule has 2 heterocycles. The number of imide groups is 1. The van der Waals surface area contributed by atoms with Crippen LogP contribution in [0.2, 0.25) is 0 Å². The Labute approximate surface area is 134 Å². The standard InChI is InChI=1S/C15H20N4O4/c1-9(2)23-13-6-3-10(8-17-13)7-16-12(20)5-4-11-14(21)19-15(22)18-11/h3,6,8-9,11H,4-5,7H2,1-2H3,(H,16,20)(H2,18,19,21,22). The van der Waals surface area contributed by atoms with Gasteiger partial charge in [0.2, 0.25) is 11.8 Å². The Morgan fingerprint density at radius 3 is 2.74 bits per heavy atom. The van der Waals surface area contributed by atoms with E-state index in [-0.39, 0.29) is 24.9 Å². The van der Waals surface area contributed by atoms with Crippen molar-refractivity contribution in [3.8, 4) is 5.88 Å². The summed E-state index contributed by atoms with van der Waals surface area (Å²) in [5.41, 5.74) is 0.848. The van der Waals surface area contributed by atoms with Crippen molar-refractivity contribution < 1.29 is 19.1 Å². The van der Waals surface area contributed by atoms with Crippen LogP contribution in [-0.2, 0) is 16.1 Å². The van der Waals surface area contributed by atoms with Crippen molar-refractivity contribution in [2.75, 3.05) is 0 Å². The number of pyridine rings is 1. The highest BCUT2D eigenvalue weighted by molar-refractivity contribution is 6.04. The Hall–Kier alpha value is -2.64. The molecule has 1 fully saturated rings. The maximum Gasteiger partial charge on any atom is 0.322 e. The molecule has 0 saturated carbocycles. The first-order chi connectivity index (χ1) is 10.9. The van der Waals surface area contributed by atoms with Gasteiger partial charge in [-0.3, -0.25) is 14.9 Å². The number of aromatic nitrogens is 1. The smallest absolute Gasteiger partial charge is 0.322 e. The molecular weight excluding hydrogens is 300 g/mol. The molecule has 1 aliphatic heterocycles. The van der Waals surface area contributed by atoms with Crippen molar-refractivity contribution in [2.45, 2.75) is 45.4 Å². The topological polar surface area (TPSA) is 109 Å². The molecule has 124 valence electrons. The molecule has 1 aromatic rings. The number of hydrogen-bond donors (Lipinski definition) is 3. The third kappa shape index (κ3) is 5.24. The van der Waals surface area contributed by atoms with Gasteiger partial charge in [0.05, 0.1) is 6.10 Å². The SMILES string of the molecule is CC(C)Oc1ccc(CNC(=O)CCC2NC(=O)NC2=O)cn1. The second kappa shape index (κ2) is 7.57. The molecule has 2 rings (SSSR count). The molecule has 8 nitrogen and oxygen atoms in total. The van der Waals surface area contributed by atoms with Crippen LogP contribution >= 0.6 is 0 Å². The van der Waals surface area contributed by atoms with Crippen molar-refractivity contribution in [1.82, 2.24) is 20.9 Å². The van der Waals surface area contributed by atoms with Crippen LogP contribution in [-0.4, -0.2) is 35.0 Å². The maximum atomic E-state index is 11.8. The van der Waals surface area contributed by atoms with Crippen LogP contribution in [0.4, 0.5) is 4.79 Å². The van der Waals surface area contributed by atoms with Gasteiger partial charge in [0, 0.05) is 25.2 Å². The number of nitrogens with zero attached hydrogens (tertiary/aromatic N) is 1. The van der Waals surface area contributed by atoms with E-state index < -0.39 is 18.0 Å². The molecule has 0 radical (unpaired) electrons. The number of hydrogen-bond acceptors (Lipinski definition) is 5. The molecule has 1 unspecified atom stereocenters. The lowest BCUT2D eigenvalue weighted by Gasteiger charge is -2.10. The summed E-state index contributed by atoms with van der Waals surface area (Å²) in [6.45, 7) is 4.18. The van der Waals surface area contributed by atoms with Crippen molar-refractivity contribution in [3.05, 3.63) is 23.9 Å². The van der Waals surface area contributed by atoms with Crippen LogP contribution in [0.1, 0.15) is 32.3 Å². The molecule has 4 amide bonds. The largest absolute Gasteiger partial charge is 0.475 e. The first-order valence-corrected chi connectivity index (χ1v) is 7.43. The lowest BCUT2D eigenvalue weighted by atomic mass is 10.1. The molecule has 3 N–H and O–H groups in total. The molecule has 0 bridgehead atoms. The number of urea groups is 1. The highest BCUT2D eigenvalue weighted by Gasteiger charge is 2.29. The van der Waals surface area contributed by atoms with Gasteiger partial charge in [-0.15, -0.1) is 0 Å². The zero-order chi connectivity index (χ0) is 16.8. The monoisotopic (exact) mass is 320 g/mol. The summed E-state index contributed by atoms with van der Waals surface area (Å²) in [7, 11) is 0. The zero-order valence-electron chi connectivity index (χ0n) is 13.1. The predicted octanol–water partition coefficient (Wildman–Crippen LogP) is 0.473. The fourth-order valence-electron chi connectivity index (χ4n) is 2.05. The zero-order valence-corrected chi connectivity index (χ0v) is 13.1. The third-order valence-corrected chi connectivity index (χ3v) is 3.16. The van der Waals surface area contributed by atoms with Crippen molar-refractivity contribution in [1.29, 1.82) is 0 Å². The van der Waals surface area contributed by atoms with E-state index in [0.29, 0.717) is 12.4 Å². The fourth-order valence-corrected chi connectivity index (χ4v) is 2.05. The first-order valence-electron chi connectivity index (χ1n) is 7.43. The van der Waals surface area contributed by atoms with Gasteiger partial charge in [0.15, 0.2) is 0 Å². The van der Waals surface area contributed by atoms with E-state index in [9.17, 15) is 14.4 Å². The van der Waals surface area contributed by atoms with E-state index in [1.165, 1.54) is 0 Å². The summed E-state index contributed by atoms with van der Waals surface area (Å²) in [5, 5.41) is 7.32. The molecule has 1 atom stereocenters. The van der Waals surface area contributed by atoms with Crippen molar-refractivity contribution >= 4 is 17.8 Å². The Morgan fingerprint density at radius 2 is 2.17 bits per heavy atom. The molecule has 8 heteroatoms. The summed E-state index contributed by atoms with van der Waals surface area (Å²) in [5.74, 6) is -0.0488. The van der Waals surface area contributed by atoms with E-state index in [1.807, 2.05) is 19.9 Å². The van der Waals surface area contributed by atoms with Crippen LogP contribution in [0.5, 0.6) is 5.88 Å². The molecule has 0 spiro atoms. The predicted molar refractivity (Wildman–Crippen MR) is 81.5 cm³/mol. The molecular formula is C15H20N4O4. The minimum absolute atomic E-state index is 0.0568. The second-order valence-electron chi connectivity index (χ2n) is 5.50. The van der Waals surface area contributed by atoms with Gasteiger partial charge in [-0.1, -0.05) is 6.07 Å². The van der Waals surface area contributed by atoms with E-state index in [4.69, 9.17) is 4.74 Å². The molecule has 1 saturated heterocycles. The number of nitrogens with one attached hydrogen (secondary N) is 3. The van der Waals surface area contributed by atoms with E-state index in [0.717, 1.165) is 5.56 Å². The van der Waals surface area contributed by atoms with Crippen LogP contribution in [0.25, 0.3) is 0 Å². The number of ether oxygens (including phenoxy) is 1. The van der Waals surface area contributed by atoms with Crippen LogP contribution in [0.3, 0.4) is 0 Å². The maximum absolute atomic E-state index is 11.8. The molecule has 1 aromatic heterocycles. The van der Waals surface area contributed by atoms with Gasteiger partial charge in [-0.2, -0.15) is 0 Å². The highest BCUT2D eigenvalue weighted by atomic mass is 16.5. The molecule has 1 aliphatic rings. The van der Waals surface area contributed by atoms with Crippen molar-refractivity contribution in [3.63, 3.8) is 0 Å². The van der Waals surface area contributed by atoms with Gasteiger partial charge in [-0.05, 0) is 25.8 Å². The van der Waals surface area contributed by atoms with Crippen LogP contribution in [0, 0.1) is 0 Å². The number of carbonyl (C=O) groups is 3. The van der Waals surface area contributed by atoms with E-state index in [1.54, 1.807) is 12.3 Å². The Balaban J connectivity index is 1.72. The van der Waals surface area contributed by atoms with Gasteiger partial charge < -0.3 is 15.4 Å². The summed E-state index contributed by atoms with van der Waals surface area (Å²) < 4.78 is 5.44. The fraction of sp³-hybridized carbons (Fsp3) is 0.467. The lowest BCUT2D eigenvalue weighted by molar-refractivity contribution is -0.122. The lowest BCUT2D eigenvalue weighted by Crippen LogP contribution is -2.31. The Kier molecular flexibility index (Phi) is 5.51. The van der Waals surface area contributed by atoms with Gasteiger partial charge in [0.25, 0.3) is 5.91 Å². The third-order valence-electron chi connectivity index (χ3n) is 3.16. The number of rotatable bonds is 7. The highest BCUT2D eigenvalue weighted by Crippen LogP contribution is 2.09. The normalized spacial score (nSPS) is 16.9. The summed E-state index contributed by atoms with van der Waals surface area (Å²) in [4.78, 5) is 38.2. The van der Waals surface area contributed by atoms with Crippen LogP contribution < -0.4 is 20.7 Å². The first kappa shape index (κ1) is 16.7. The van der Waals surface area contributed by atoms with Gasteiger partial charge in [-0.25, -0.2) is 9.78 Å². The number of carbonyl (C=O) groups excluding carboxylic acids is 3. The van der Waals surface area contributed by atoms with Crippen LogP contribution in [0.15, 0.2) is 18.3 Å². The minimum atomic E-state index is -0.637. The second-order valence-corrected chi connectivity index (χ2v) is 5.50. The molecule has 23 heavy (non-hydrogen) atoms. The summed E-state index contributed by atoms with van der Waals surface area (Å²) >= 11 is 0.